The lowest BCUT2D eigenvalue weighted by atomic mass is 9.96. The lowest BCUT2D eigenvalue weighted by Crippen LogP contribution is -2.36. The van der Waals surface area contributed by atoms with Crippen LogP contribution in [-0.4, -0.2) is 43.2 Å². The summed E-state index contributed by atoms with van der Waals surface area (Å²) >= 11 is 4.79. The molecule has 0 atom stereocenters. The number of aryl methyl sites for hydroxylation is 1. The Kier molecular flexibility index (Phi) is 6.24. The molecular formula is C20H21BrN6O2S. The molecule has 156 valence electrons. The van der Waals surface area contributed by atoms with Gasteiger partial charge >= 0.3 is 0 Å². The maximum Gasteiger partial charge on any atom is 0.219 e. The molecule has 0 bridgehead atoms. The van der Waals surface area contributed by atoms with Crippen molar-refractivity contribution in [2.45, 2.75) is 32.6 Å². The Morgan fingerprint density at radius 1 is 1.30 bits per heavy atom. The summed E-state index contributed by atoms with van der Waals surface area (Å²) in [5.41, 5.74) is 0.806. The molecule has 8 nitrogen and oxygen atoms in total. The molecule has 0 radical (unpaired) electrons. The molecule has 3 aromatic heterocycles. The van der Waals surface area contributed by atoms with E-state index in [9.17, 15) is 4.79 Å². The fraction of sp³-hybridized carbons (Fsp3) is 0.350. The Hall–Kier alpha value is -2.59. The van der Waals surface area contributed by atoms with Gasteiger partial charge in [0.2, 0.25) is 11.0 Å². The summed E-state index contributed by atoms with van der Waals surface area (Å²) in [6.45, 7) is 5.02. The van der Waals surface area contributed by atoms with Crippen molar-refractivity contribution in [3.05, 3.63) is 46.6 Å². The predicted molar refractivity (Wildman–Crippen MR) is 118 cm³/mol. The molecule has 0 unspecified atom stereocenters. The third-order valence-electron chi connectivity index (χ3n) is 4.98. The number of carbonyl (C=O) groups is 1. The van der Waals surface area contributed by atoms with E-state index in [1.807, 2.05) is 30.0 Å². The highest BCUT2D eigenvalue weighted by molar-refractivity contribution is 9.10. The van der Waals surface area contributed by atoms with Crippen LogP contribution in [0.15, 0.2) is 35.1 Å². The van der Waals surface area contributed by atoms with Crippen LogP contribution in [0.5, 0.6) is 11.5 Å². The first kappa shape index (κ1) is 20.7. The molecule has 4 rings (SSSR count). The number of rotatable bonds is 5. The summed E-state index contributed by atoms with van der Waals surface area (Å²) in [5.74, 6) is 3.16. The van der Waals surface area contributed by atoms with Crippen LogP contribution < -0.4 is 10.1 Å². The third-order valence-corrected chi connectivity index (χ3v) is 6.22. The topological polar surface area (TPSA) is 93.1 Å². The van der Waals surface area contributed by atoms with E-state index in [-0.39, 0.29) is 11.8 Å². The molecule has 1 amide bonds. The Balaban J connectivity index is 1.44. The third kappa shape index (κ3) is 4.76. The second-order valence-electron chi connectivity index (χ2n) is 7.05. The van der Waals surface area contributed by atoms with Crippen molar-refractivity contribution in [3.8, 4) is 11.5 Å². The second-order valence-corrected chi connectivity index (χ2v) is 8.66. The number of ether oxygens (including phenoxy) is 1. The minimum atomic E-state index is 0.128. The van der Waals surface area contributed by atoms with Crippen LogP contribution in [0.4, 0.5) is 10.9 Å². The molecule has 3 aromatic rings. The number of likely N-dealkylation sites (tertiary alicyclic amines) is 1. The molecular weight excluding hydrogens is 468 g/mol. The van der Waals surface area contributed by atoms with E-state index in [2.05, 4.69) is 40.6 Å². The Morgan fingerprint density at radius 3 is 2.83 bits per heavy atom. The highest BCUT2D eigenvalue weighted by Gasteiger charge is 2.25. The fourth-order valence-corrected chi connectivity index (χ4v) is 4.23. The summed E-state index contributed by atoms with van der Waals surface area (Å²) in [5, 5.41) is 3.89. The Bertz CT molecular complexity index is 1050. The van der Waals surface area contributed by atoms with Gasteiger partial charge in [-0.3, -0.25) is 9.78 Å². The molecule has 30 heavy (non-hydrogen) atoms. The molecule has 0 spiro atoms. The summed E-state index contributed by atoms with van der Waals surface area (Å²) in [4.78, 5) is 26.6. The van der Waals surface area contributed by atoms with Crippen LogP contribution >= 0.6 is 27.5 Å². The van der Waals surface area contributed by atoms with Crippen molar-refractivity contribution in [2.24, 2.45) is 0 Å². The van der Waals surface area contributed by atoms with Crippen LogP contribution in [0.1, 0.15) is 37.2 Å². The molecule has 0 aromatic carbocycles. The van der Waals surface area contributed by atoms with E-state index in [1.54, 1.807) is 19.3 Å². The maximum absolute atomic E-state index is 11.5. The molecule has 4 heterocycles. The zero-order chi connectivity index (χ0) is 21.1. The minimum absolute atomic E-state index is 0.128. The van der Waals surface area contributed by atoms with Crippen LogP contribution in [-0.2, 0) is 4.79 Å². The van der Waals surface area contributed by atoms with E-state index in [0.717, 1.165) is 41.9 Å². The summed E-state index contributed by atoms with van der Waals surface area (Å²) < 4.78 is 11.2. The molecule has 1 aliphatic rings. The van der Waals surface area contributed by atoms with Gasteiger partial charge in [-0.1, -0.05) is 0 Å². The average Bonchev–Trinajstić information content (AvgIpc) is 3.20. The lowest BCUT2D eigenvalue weighted by molar-refractivity contribution is -0.129. The van der Waals surface area contributed by atoms with E-state index < -0.39 is 0 Å². The number of piperidine rings is 1. The van der Waals surface area contributed by atoms with Crippen molar-refractivity contribution < 1.29 is 9.53 Å². The molecule has 1 N–H and O–H groups in total. The number of nitrogens with zero attached hydrogens (tertiary/aromatic N) is 5. The van der Waals surface area contributed by atoms with E-state index >= 15 is 0 Å². The number of aromatic nitrogens is 4. The highest BCUT2D eigenvalue weighted by atomic mass is 79.9. The van der Waals surface area contributed by atoms with Crippen molar-refractivity contribution >= 4 is 44.3 Å². The van der Waals surface area contributed by atoms with Gasteiger partial charge in [-0.2, -0.15) is 4.37 Å². The predicted octanol–water partition coefficient (Wildman–Crippen LogP) is 4.66. The number of amides is 1. The highest BCUT2D eigenvalue weighted by Crippen LogP contribution is 2.33. The van der Waals surface area contributed by atoms with Crippen molar-refractivity contribution in [2.75, 3.05) is 18.4 Å². The Morgan fingerprint density at radius 2 is 2.10 bits per heavy atom. The van der Waals surface area contributed by atoms with Gasteiger partial charge in [0, 0.05) is 55.9 Å². The lowest BCUT2D eigenvalue weighted by Gasteiger charge is -2.29. The minimum Gasteiger partial charge on any atom is -0.454 e. The van der Waals surface area contributed by atoms with Crippen LogP contribution in [0, 0.1) is 6.92 Å². The number of carbonyl (C=O) groups excluding carboxylic acids is 1. The van der Waals surface area contributed by atoms with Gasteiger partial charge in [0.1, 0.15) is 23.1 Å². The molecule has 1 fully saturated rings. The van der Waals surface area contributed by atoms with Crippen molar-refractivity contribution in [1.82, 2.24) is 24.2 Å². The zero-order valence-corrected chi connectivity index (χ0v) is 19.0. The van der Waals surface area contributed by atoms with Crippen LogP contribution in [0.3, 0.4) is 0 Å². The van der Waals surface area contributed by atoms with Crippen molar-refractivity contribution in [3.63, 3.8) is 0 Å². The number of hydrogen-bond donors (Lipinski definition) is 1. The molecule has 0 aliphatic carbocycles. The SMILES string of the molecule is CC(=O)N1CCC(c2nsc(Nc3cc(Oc4cccnc4C)c(Br)cn3)n2)CC1. The van der Waals surface area contributed by atoms with Gasteiger partial charge in [0.05, 0.1) is 10.2 Å². The summed E-state index contributed by atoms with van der Waals surface area (Å²) in [7, 11) is 0. The molecule has 1 saturated heterocycles. The largest absolute Gasteiger partial charge is 0.454 e. The Labute approximate surface area is 187 Å². The van der Waals surface area contributed by atoms with Crippen LogP contribution in [0.25, 0.3) is 0 Å². The first-order valence-corrected chi connectivity index (χ1v) is 11.2. The monoisotopic (exact) mass is 488 g/mol. The van der Waals surface area contributed by atoms with E-state index in [0.29, 0.717) is 22.4 Å². The second kappa shape index (κ2) is 9.05. The van der Waals surface area contributed by atoms with Crippen molar-refractivity contribution in [1.29, 1.82) is 0 Å². The smallest absolute Gasteiger partial charge is 0.219 e. The molecule has 0 saturated carbocycles. The molecule has 10 heteroatoms. The number of halogens is 1. The van der Waals surface area contributed by atoms with Gasteiger partial charge in [0.25, 0.3) is 0 Å². The van der Waals surface area contributed by atoms with Gasteiger partial charge in [-0.05, 0) is 47.8 Å². The first-order valence-electron chi connectivity index (χ1n) is 9.61. The standard InChI is InChI=1S/C20H21BrN6O2S/c1-12-16(4-3-7-22-12)29-17-10-18(23-11-15(17)21)24-20-25-19(26-30-20)14-5-8-27(9-6-14)13(2)28/h3-4,7,10-11,14H,5-6,8-9H2,1-2H3,(H,23,24,25,26). The summed E-state index contributed by atoms with van der Waals surface area (Å²) in [6.07, 6.45) is 5.18. The normalized spacial score (nSPS) is 14.6. The van der Waals surface area contributed by atoms with Gasteiger partial charge in [0.15, 0.2) is 0 Å². The van der Waals surface area contributed by atoms with E-state index in [1.165, 1.54) is 11.5 Å². The number of nitrogens with one attached hydrogen (secondary N) is 1. The summed E-state index contributed by atoms with van der Waals surface area (Å²) in [6, 6.07) is 5.51. The first-order chi connectivity index (χ1) is 14.5. The van der Waals surface area contributed by atoms with Crippen LogP contribution in [0.2, 0.25) is 0 Å². The van der Waals surface area contributed by atoms with E-state index in [4.69, 9.17) is 4.74 Å². The van der Waals surface area contributed by atoms with Gasteiger partial charge in [-0.15, -0.1) is 0 Å². The number of anilines is 2. The number of hydrogen-bond acceptors (Lipinski definition) is 8. The number of pyridine rings is 2. The molecule has 1 aliphatic heterocycles. The quantitative estimate of drug-likeness (QED) is 0.557. The average molecular weight is 489 g/mol. The fourth-order valence-electron chi connectivity index (χ4n) is 3.28. The van der Waals surface area contributed by atoms with Gasteiger partial charge in [-0.25, -0.2) is 9.97 Å². The zero-order valence-electron chi connectivity index (χ0n) is 16.6. The van der Waals surface area contributed by atoms with Gasteiger partial charge < -0.3 is 15.0 Å². The maximum atomic E-state index is 11.5.